The number of likely N-dealkylation sites (tertiary alicyclic amines) is 1. The van der Waals surface area contributed by atoms with Gasteiger partial charge in [0.2, 0.25) is 24.0 Å². The van der Waals surface area contributed by atoms with Crippen LogP contribution in [0.4, 0.5) is 4.79 Å². The lowest BCUT2D eigenvalue weighted by Gasteiger charge is -2.33. The van der Waals surface area contributed by atoms with Crippen molar-refractivity contribution in [1.82, 2.24) is 20.9 Å². The molecule has 12 nitrogen and oxygen atoms in total. The predicted octanol–water partition coefficient (Wildman–Crippen LogP) is 2.42. The fourth-order valence-electron chi connectivity index (χ4n) is 5.61. The molecule has 13 heteroatoms. The largest absolute Gasteiger partial charge is 0.511 e. The molecule has 3 N–H and O–H groups in total. The van der Waals surface area contributed by atoms with E-state index in [9.17, 15) is 24.0 Å². The summed E-state index contributed by atoms with van der Waals surface area (Å²) >= 11 is 0. The minimum Gasteiger partial charge on any atom is -0.431 e. The van der Waals surface area contributed by atoms with Gasteiger partial charge in [-0.05, 0) is 76.8 Å². The van der Waals surface area contributed by atoms with Gasteiger partial charge in [0.05, 0.1) is 5.92 Å². The Labute approximate surface area is 248 Å². The van der Waals surface area contributed by atoms with E-state index in [4.69, 9.17) is 14.2 Å². The number of amides is 3. The molecule has 1 aliphatic carbocycles. The molecule has 3 aliphatic rings. The molecular formula is C28H47ClN4O8. The second-order valence-electron chi connectivity index (χ2n) is 11.2. The monoisotopic (exact) mass is 602 g/mol. The molecular weight excluding hydrogens is 556 g/mol. The highest BCUT2D eigenvalue weighted by Gasteiger charge is 2.31. The third-order valence-electron chi connectivity index (χ3n) is 7.87. The minimum absolute atomic E-state index is 0. The quantitative estimate of drug-likeness (QED) is 0.239. The number of hydrogen-bond acceptors (Lipinski definition) is 9. The van der Waals surface area contributed by atoms with Gasteiger partial charge in [0.1, 0.15) is 12.1 Å². The van der Waals surface area contributed by atoms with E-state index >= 15 is 0 Å². The number of carbonyl (C=O) groups is 5. The van der Waals surface area contributed by atoms with Gasteiger partial charge in [0, 0.05) is 39.9 Å². The highest BCUT2D eigenvalue weighted by molar-refractivity contribution is 5.86. The zero-order valence-electron chi connectivity index (χ0n) is 24.3. The summed E-state index contributed by atoms with van der Waals surface area (Å²) in [4.78, 5) is 64.0. The summed E-state index contributed by atoms with van der Waals surface area (Å²) in [5, 5.41) is 8.52. The van der Waals surface area contributed by atoms with Crippen molar-refractivity contribution in [1.29, 1.82) is 0 Å². The molecule has 0 bridgehead atoms. The van der Waals surface area contributed by atoms with Crippen LogP contribution in [0.3, 0.4) is 0 Å². The second-order valence-corrected chi connectivity index (χ2v) is 11.2. The highest BCUT2D eigenvalue weighted by atomic mass is 35.5. The van der Waals surface area contributed by atoms with Crippen molar-refractivity contribution < 1.29 is 38.2 Å². The number of hydrogen-bond donors (Lipinski definition) is 3. The first kappa shape index (κ1) is 34.6. The Balaban J connectivity index is 0.00000588. The van der Waals surface area contributed by atoms with E-state index in [-0.39, 0.29) is 36.9 Å². The Morgan fingerprint density at radius 1 is 0.951 bits per heavy atom. The molecule has 2 unspecified atom stereocenters. The van der Waals surface area contributed by atoms with Crippen LogP contribution < -0.4 is 16.0 Å². The van der Waals surface area contributed by atoms with Gasteiger partial charge < -0.3 is 35.1 Å². The fraction of sp³-hybridized carbons (Fsp3) is 0.821. The van der Waals surface area contributed by atoms with E-state index in [1.165, 1.54) is 13.8 Å². The number of halogens is 1. The number of piperidine rings is 2. The van der Waals surface area contributed by atoms with Crippen LogP contribution in [0, 0.1) is 11.8 Å². The van der Waals surface area contributed by atoms with E-state index in [1.54, 1.807) is 4.90 Å². The zero-order valence-corrected chi connectivity index (χ0v) is 25.1. The third kappa shape index (κ3) is 12.4. The molecule has 0 aromatic rings. The lowest BCUT2D eigenvalue weighted by Crippen LogP contribution is -2.52. The first-order valence-electron chi connectivity index (χ1n) is 14.8. The van der Waals surface area contributed by atoms with Crippen molar-refractivity contribution in [2.45, 2.75) is 103 Å². The van der Waals surface area contributed by atoms with Gasteiger partial charge in [0.25, 0.3) is 0 Å². The molecule has 0 spiro atoms. The Kier molecular flexibility index (Phi) is 15.2. The Bertz CT molecular complexity index is 879. The van der Waals surface area contributed by atoms with Crippen LogP contribution in [0.15, 0.2) is 0 Å². The van der Waals surface area contributed by atoms with Crippen LogP contribution in [-0.4, -0.2) is 85.9 Å². The molecule has 3 amide bonds. The van der Waals surface area contributed by atoms with Crippen molar-refractivity contribution in [3.8, 4) is 0 Å². The SMILES string of the molecule is CC(=O)NC(CNC(=O)[C@@H]1CCCN(C(=O)CCC2CCNCC2)C1)C(=O)OC(C)OC(=O)OC1CCCCC1.Cl. The number of ether oxygens (including phenoxy) is 3. The number of rotatable bonds is 11. The lowest BCUT2D eigenvalue weighted by atomic mass is 9.92. The number of esters is 1. The standard InChI is InChI=1S/C28H46N4O8.ClH/c1-19(33)31-24(27(36)38-20(2)39-28(37)40-23-8-4-3-5-9-23)17-30-26(35)22-7-6-16-32(18-22)25(34)11-10-21-12-14-29-15-13-21;/h20-24,29H,3-18H2,1-2H3,(H,30,35)(H,31,33);1H/t20?,22-,24?;/m1./s1. The average molecular weight is 603 g/mol. The van der Waals surface area contributed by atoms with Crippen LogP contribution >= 0.6 is 12.4 Å². The van der Waals surface area contributed by atoms with Gasteiger partial charge in [0.15, 0.2) is 0 Å². The molecule has 3 fully saturated rings. The summed E-state index contributed by atoms with van der Waals surface area (Å²) in [6.07, 6.45) is 7.18. The van der Waals surface area contributed by atoms with Crippen LogP contribution in [0.2, 0.25) is 0 Å². The van der Waals surface area contributed by atoms with Crippen LogP contribution in [-0.2, 0) is 33.4 Å². The van der Waals surface area contributed by atoms with E-state index in [1.807, 2.05) is 0 Å². The van der Waals surface area contributed by atoms with Gasteiger partial charge in [-0.15, -0.1) is 12.4 Å². The molecule has 41 heavy (non-hydrogen) atoms. The van der Waals surface area contributed by atoms with Gasteiger partial charge >= 0.3 is 12.1 Å². The smallest absolute Gasteiger partial charge is 0.431 e. The van der Waals surface area contributed by atoms with Crippen molar-refractivity contribution in [3.63, 3.8) is 0 Å². The molecule has 3 atom stereocenters. The highest BCUT2D eigenvalue weighted by Crippen LogP contribution is 2.22. The molecule has 3 rings (SSSR count). The molecule has 0 aromatic heterocycles. The lowest BCUT2D eigenvalue weighted by molar-refractivity contribution is -0.172. The first-order chi connectivity index (χ1) is 19.2. The predicted molar refractivity (Wildman–Crippen MR) is 152 cm³/mol. The number of carbonyl (C=O) groups excluding carboxylic acids is 5. The summed E-state index contributed by atoms with van der Waals surface area (Å²) in [5.41, 5.74) is 0. The van der Waals surface area contributed by atoms with Gasteiger partial charge in [-0.25, -0.2) is 9.59 Å². The van der Waals surface area contributed by atoms with Gasteiger partial charge in [-0.2, -0.15) is 0 Å². The molecule has 234 valence electrons. The van der Waals surface area contributed by atoms with Crippen molar-refractivity contribution in [2.24, 2.45) is 11.8 Å². The summed E-state index contributed by atoms with van der Waals surface area (Å²) in [6, 6.07) is -1.17. The maximum atomic E-state index is 12.9. The maximum absolute atomic E-state index is 12.9. The average Bonchev–Trinajstić information content (AvgIpc) is 2.94. The number of nitrogens with zero attached hydrogens (tertiary/aromatic N) is 1. The minimum atomic E-state index is -1.24. The van der Waals surface area contributed by atoms with E-state index in [2.05, 4.69) is 16.0 Å². The van der Waals surface area contributed by atoms with E-state index < -0.39 is 36.3 Å². The van der Waals surface area contributed by atoms with Gasteiger partial charge in [-0.1, -0.05) is 6.42 Å². The van der Waals surface area contributed by atoms with Crippen LogP contribution in [0.1, 0.15) is 84.5 Å². The second kappa shape index (κ2) is 18.0. The normalized spacial score (nSPS) is 21.4. The molecule has 2 heterocycles. The summed E-state index contributed by atoms with van der Waals surface area (Å²) < 4.78 is 15.5. The van der Waals surface area contributed by atoms with Crippen molar-refractivity contribution >= 4 is 42.3 Å². The summed E-state index contributed by atoms with van der Waals surface area (Å²) in [7, 11) is 0. The fourth-order valence-corrected chi connectivity index (χ4v) is 5.61. The Hall–Kier alpha value is -2.60. The van der Waals surface area contributed by atoms with Crippen LogP contribution in [0.5, 0.6) is 0 Å². The maximum Gasteiger partial charge on any atom is 0.511 e. The summed E-state index contributed by atoms with van der Waals surface area (Å²) in [5.74, 6) is -1.39. The van der Waals surface area contributed by atoms with E-state index in [0.717, 1.165) is 70.9 Å². The Morgan fingerprint density at radius 3 is 2.34 bits per heavy atom. The zero-order chi connectivity index (χ0) is 28.9. The van der Waals surface area contributed by atoms with E-state index in [0.29, 0.717) is 31.8 Å². The third-order valence-corrected chi connectivity index (χ3v) is 7.87. The molecule has 0 aromatic carbocycles. The first-order valence-corrected chi connectivity index (χ1v) is 14.8. The molecule has 2 saturated heterocycles. The molecule has 1 saturated carbocycles. The van der Waals surface area contributed by atoms with Crippen LogP contribution in [0.25, 0.3) is 0 Å². The summed E-state index contributed by atoms with van der Waals surface area (Å²) in [6.45, 7) is 5.39. The van der Waals surface area contributed by atoms with Gasteiger partial charge in [-0.3, -0.25) is 14.4 Å². The molecule has 2 aliphatic heterocycles. The molecule has 0 radical (unpaired) electrons. The Morgan fingerprint density at radius 2 is 1.66 bits per heavy atom. The van der Waals surface area contributed by atoms with Crippen molar-refractivity contribution in [3.05, 3.63) is 0 Å². The van der Waals surface area contributed by atoms with Crippen molar-refractivity contribution in [2.75, 3.05) is 32.7 Å². The topological polar surface area (TPSA) is 152 Å². The number of nitrogens with one attached hydrogen (secondary N) is 3.